The minimum absolute atomic E-state index is 0.0486. The van der Waals surface area contributed by atoms with Crippen LogP contribution in [0.4, 0.5) is 0 Å². The van der Waals surface area contributed by atoms with Gasteiger partial charge in [0, 0.05) is 12.4 Å². The molecule has 0 fully saturated rings. The molecule has 0 radical (unpaired) electrons. The number of aliphatic hydroxyl groups is 1. The maximum atomic E-state index is 12.2. The van der Waals surface area contributed by atoms with Crippen LogP contribution in [-0.4, -0.2) is 35.6 Å². The highest BCUT2D eigenvalue weighted by Crippen LogP contribution is 2.28. The molecule has 0 saturated heterocycles. The molecule has 4 nitrogen and oxygen atoms in total. The fourth-order valence-corrected chi connectivity index (χ4v) is 2.57. The summed E-state index contributed by atoms with van der Waals surface area (Å²) in [6, 6.07) is 13.8. The molecule has 0 bridgehead atoms. The van der Waals surface area contributed by atoms with Crippen molar-refractivity contribution < 1.29 is 14.3 Å². The standard InChI is InChI=1S/C18H19NO3/c1-12(11-20)19(2)18(21)10-14-9-16-15-6-4-3-5-13(15)7-8-17(16)22-14/h3-9,12,20H,10-11H2,1-2H3/t12-/m1/s1. The number of furan rings is 1. The number of rotatable bonds is 4. The highest BCUT2D eigenvalue weighted by atomic mass is 16.3. The molecule has 4 heteroatoms. The van der Waals surface area contributed by atoms with E-state index in [-0.39, 0.29) is 25.0 Å². The van der Waals surface area contributed by atoms with Crippen molar-refractivity contribution >= 4 is 27.6 Å². The van der Waals surface area contributed by atoms with Gasteiger partial charge < -0.3 is 14.4 Å². The fraction of sp³-hybridized carbons (Fsp3) is 0.278. The Hall–Kier alpha value is -2.33. The Balaban J connectivity index is 1.92. The van der Waals surface area contributed by atoms with E-state index >= 15 is 0 Å². The molecule has 1 N–H and O–H groups in total. The summed E-state index contributed by atoms with van der Waals surface area (Å²) in [5.74, 6) is 0.582. The highest BCUT2D eigenvalue weighted by molar-refractivity contribution is 6.06. The molecule has 0 aliphatic carbocycles. The van der Waals surface area contributed by atoms with E-state index in [1.54, 1.807) is 11.9 Å². The Morgan fingerprint density at radius 3 is 2.77 bits per heavy atom. The first kappa shape index (κ1) is 14.6. The van der Waals surface area contributed by atoms with Gasteiger partial charge in [-0.25, -0.2) is 0 Å². The summed E-state index contributed by atoms with van der Waals surface area (Å²) >= 11 is 0. The molecule has 0 spiro atoms. The zero-order valence-electron chi connectivity index (χ0n) is 12.7. The first-order valence-electron chi connectivity index (χ1n) is 7.37. The summed E-state index contributed by atoms with van der Waals surface area (Å²) in [5, 5.41) is 12.4. The first-order valence-corrected chi connectivity index (χ1v) is 7.37. The number of hydrogen-bond acceptors (Lipinski definition) is 3. The first-order chi connectivity index (χ1) is 10.6. The van der Waals surface area contributed by atoms with Gasteiger partial charge in [-0.2, -0.15) is 0 Å². The van der Waals surface area contributed by atoms with Gasteiger partial charge in [0.2, 0.25) is 5.91 Å². The lowest BCUT2D eigenvalue weighted by atomic mass is 10.1. The maximum Gasteiger partial charge on any atom is 0.230 e. The molecule has 1 amide bonds. The van der Waals surface area contributed by atoms with Crippen LogP contribution in [0.1, 0.15) is 12.7 Å². The molecule has 2 aromatic carbocycles. The van der Waals surface area contributed by atoms with Crippen LogP contribution in [0, 0.1) is 0 Å². The van der Waals surface area contributed by atoms with Gasteiger partial charge in [0.15, 0.2) is 0 Å². The normalized spacial score (nSPS) is 12.7. The van der Waals surface area contributed by atoms with Crippen LogP contribution in [0.2, 0.25) is 0 Å². The molecule has 0 saturated carbocycles. The number of carbonyl (C=O) groups excluding carboxylic acids is 1. The van der Waals surface area contributed by atoms with Crippen LogP contribution in [0.25, 0.3) is 21.7 Å². The summed E-state index contributed by atoms with van der Waals surface area (Å²) in [6.45, 7) is 1.76. The lowest BCUT2D eigenvalue weighted by molar-refractivity contribution is -0.131. The Bertz CT molecular complexity index is 821. The van der Waals surface area contributed by atoms with Crippen molar-refractivity contribution in [2.75, 3.05) is 13.7 Å². The number of carbonyl (C=O) groups is 1. The predicted octanol–water partition coefficient (Wildman–Crippen LogP) is 2.97. The summed E-state index contributed by atoms with van der Waals surface area (Å²) in [4.78, 5) is 13.8. The second-order valence-corrected chi connectivity index (χ2v) is 5.62. The van der Waals surface area contributed by atoms with Crippen LogP contribution in [-0.2, 0) is 11.2 Å². The summed E-state index contributed by atoms with van der Waals surface area (Å²) in [7, 11) is 1.70. The SMILES string of the molecule is C[C@H](CO)N(C)C(=O)Cc1cc2c(ccc3ccccc32)o1. The van der Waals surface area contributed by atoms with Crippen LogP contribution < -0.4 is 0 Å². The topological polar surface area (TPSA) is 53.7 Å². The van der Waals surface area contributed by atoms with Crippen molar-refractivity contribution in [1.82, 2.24) is 4.90 Å². The van der Waals surface area contributed by atoms with Crippen molar-refractivity contribution in [2.24, 2.45) is 0 Å². The summed E-state index contributed by atoms with van der Waals surface area (Å²) in [5.41, 5.74) is 0.791. The number of nitrogens with zero attached hydrogens (tertiary/aromatic N) is 1. The number of benzene rings is 2. The quantitative estimate of drug-likeness (QED) is 0.805. The highest BCUT2D eigenvalue weighted by Gasteiger charge is 2.17. The van der Waals surface area contributed by atoms with E-state index in [4.69, 9.17) is 9.52 Å². The second kappa shape index (κ2) is 5.81. The fourth-order valence-electron chi connectivity index (χ4n) is 2.57. The monoisotopic (exact) mass is 297 g/mol. The van der Waals surface area contributed by atoms with Crippen LogP contribution >= 0.6 is 0 Å². The van der Waals surface area contributed by atoms with Crippen LogP contribution in [0.15, 0.2) is 46.9 Å². The van der Waals surface area contributed by atoms with Crippen molar-refractivity contribution in [2.45, 2.75) is 19.4 Å². The van der Waals surface area contributed by atoms with Crippen molar-refractivity contribution in [3.05, 3.63) is 48.2 Å². The smallest absolute Gasteiger partial charge is 0.230 e. The van der Waals surface area contributed by atoms with Gasteiger partial charge in [0.05, 0.1) is 19.1 Å². The van der Waals surface area contributed by atoms with E-state index in [0.29, 0.717) is 5.76 Å². The van der Waals surface area contributed by atoms with E-state index in [9.17, 15) is 4.79 Å². The number of aliphatic hydroxyl groups excluding tert-OH is 1. The Morgan fingerprint density at radius 2 is 2.00 bits per heavy atom. The van der Waals surface area contributed by atoms with Gasteiger partial charge in [0.1, 0.15) is 11.3 Å². The zero-order valence-corrected chi connectivity index (χ0v) is 12.7. The number of likely N-dealkylation sites (N-methyl/N-ethyl adjacent to an activating group) is 1. The van der Waals surface area contributed by atoms with E-state index in [1.807, 2.05) is 37.3 Å². The molecule has 0 unspecified atom stereocenters. The Labute approximate surface area is 128 Å². The molecule has 22 heavy (non-hydrogen) atoms. The molecular formula is C18H19NO3. The molecule has 1 heterocycles. The molecule has 3 aromatic rings. The van der Waals surface area contributed by atoms with Crippen molar-refractivity contribution in [1.29, 1.82) is 0 Å². The zero-order chi connectivity index (χ0) is 15.7. The molecule has 3 rings (SSSR count). The van der Waals surface area contributed by atoms with Gasteiger partial charge in [-0.1, -0.05) is 30.3 Å². The van der Waals surface area contributed by atoms with Gasteiger partial charge in [-0.05, 0) is 29.8 Å². The van der Waals surface area contributed by atoms with Gasteiger partial charge in [0.25, 0.3) is 0 Å². The van der Waals surface area contributed by atoms with Crippen LogP contribution in [0.3, 0.4) is 0 Å². The number of fused-ring (bicyclic) bond motifs is 3. The molecule has 1 atom stereocenters. The van der Waals surface area contributed by atoms with E-state index < -0.39 is 0 Å². The number of amides is 1. The molecule has 0 aliphatic heterocycles. The lowest BCUT2D eigenvalue weighted by Gasteiger charge is -2.22. The minimum atomic E-state index is -0.197. The molecule has 1 aromatic heterocycles. The third-order valence-electron chi connectivity index (χ3n) is 4.12. The van der Waals surface area contributed by atoms with Gasteiger partial charge >= 0.3 is 0 Å². The summed E-state index contributed by atoms with van der Waals surface area (Å²) in [6.07, 6.45) is 0.198. The predicted molar refractivity (Wildman–Crippen MR) is 86.7 cm³/mol. The Morgan fingerprint density at radius 1 is 1.23 bits per heavy atom. The van der Waals surface area contributed by atoms with Crippen molar-refractivity contribution in [3.63, 3.8) is 0 Å². The summed E-state index contributed by atoms with van der Waals surface area (Å²) < 4.78 is 5.80. The van der Waals surface area contributed by atoms with E-state index in [1.165, 1.54) is 0 Å². The average Bonchev–Trinajstić information content (AvgIpc) is 2.96. The molecule has 114 valence electrons. The van der Waals surface area contributed by atoms with Crippen LogP contribution in [0.5, 0.6) is 0 Å². The van der Waals surface area contributed by atoms with E-state index in [2.05, 4.69) is 12.1 Å². The average molecular weight is 297 g/mol. The Kier molecular flexibility index (Phi) is 3.86. The second-order valence-electron chi connectivity index (χ2n) is 5.62. The van der Waals surface area contributed by atoms with E-state index in [0.717, 1.165) is 21.7 Å². The third kappa shape index (κ3) is 2.57. The third-order valence-corrected chi connectivity index (χ3v) is 4.12. The van der Waals surface area contributed by atoms with Crippen molar-refractivity contribution in [3.8, 4) is 0 Å². The molecular weight excluding hydrogens is 278 g/mol. The lowest BCUT2D eigenvalue weighted by Crippen LogP contribution is -2.38. The number of hydrogen-bond donors (Lipinski definition) is 1. The maximum absolute atomic E-state index is 12.2. The largest absolute Gasteiger partial charge is 0.461 e. The van der Waals surface area contributed by atoms with Gasteiger partial charge in [-0.15, -0.1) is 0 Å². The molecule has 0 aliphatic rings. The van der Waals surface area contributed by atoms with Gasteiger partial charge in [-0.3, -0.25) is 4.79 Å². The minimum Gasteiger partial charge on any atom is -0.461 e.